The number of hydrogen-bond donors (Lipinski definition) is 3. The van der Waals surface area contributed by atoms with Gasteiger partial charge < -0.3 is 10.6 Å². The van der Waals surface area contributed by atoms with Gasteiger partial charge >= 0.3 is 0 Å². The molecule has 1 aliphatic rings. The highest BCUT2D eigenvalue weighted by molar-refractivity contribution is 7.88. The molecule has 1 fully saturated rings. The monoisotopic (exact) mass is 263 g/mol. The molecule has 6 nitrogen and oxygen atoms in total. The lowest BCUT2D eigenvalue weighted by molar-refractivity contribution is -0.126. The molecule has 1 rings (SSSR count). The van der Waals surface area contributed by atoms with Gasteiger partial charge in [0, 0.05) is 19.1 Å². The quantitative estimate of drug-likeness (QED) is 0.558. The van der Waals surface area contributed by atoms with Gasteiger partial charge in [0.05, 0.1) is 12.2 Å². The Bertz CT molecular complexity index is 356. The number of amides is 1. The minimum atomic E-state index is -3.17. The smallest absolute Gasteiger partial charge is 0.224 e. The largest absolute Gasteiger partial charge is 0.354 e. The molecule has 0 aromatic heterocycles. The van der Waals surface area contributed by atoms with Crippen molar-refractivity contribution in [1.82, 2.24) is 15.4 Å². The van der Waals surface area contributed by atoms with Crippen LogP contribution in [0, 0.1) is 5.92 Å². The molecule has 17 heavy (non-hydrogen) atoms. The number of nitrogens with one attached hydrogen (secondary N) is 3. The molecule has 0 aliphatic carbocycles. The second kappa shape index (κ2) is 6.32. The number of rotatable bonds is 5. The lowest BCUT2D eigenvalue weighted by atomic mass is 9.91. The van der Waals surface area contributed by atoms with Crippen LogP contribution in [0.2, 0.25) is 0 Å². The molecule has 0 spiro atoms. The molecule has 1 saturated heterocycles. The van der Waals surface area contributed by atoms with Crippen molar-refractivity contribution in [2.24, 2.45) is 5.92 Å². The first-order chi connectivity index (χ1) is 7.90. The highest BCUT2D eigenvalue weighted by Gasteiger charge is 2.26. The Labute approximate surface area is 103 Å². The summed E-state index contributed by atoms with van der Waals surface area (Å²) in [6.07, 6.45) is 2.99. The van der Waals surface area contributed by atoms with E-state index in [4.69, 9.17) is 0 Å². The van der Waals surface area contributed by atoms with E-state index in [-0.39, 0.29) is 24.4 Å². The van der Waals surface area contributed by atoms with Gasteiger partial charge in [-0.25, -0.2) is 13.1 Å². The van der Waals surface area contributed by atoms with Gasteiger partial charge in [-0.2, -0.15) is 0 Å². The van der Waals surface area contributed by atoms with Gasteiger partial charge in [-0.3, -0.25) is 4.79 Å². The van der Waals surface area contributed by atoms with E-state index in [1.165, 1.54) is 0 Å². The maximum atomic E-state index is 11.8. The first-order valence-electron chi connectivity index (χ1n) is 5.86. The van der Waals surface area contributed by atoms with E-state index >= 15 is 0 Å². The summed E-state index contributed by atoms with van der Waals surface area (Å²) in [5, 5.41) is 6.00. The standard InChI is InChI=1S/C10H21N3O3S/c1-8-9(4-3-5-11-8)10(14)12-6-7-13-17(2,15)16/h8-9,11,13H,3-7H2,1-2H3,(H,12,14). The number of piperidine rings is 1. The van der Waals surface area contributed by atoms with E-state index in [0.29, 0.717) is 6.54 Å². The van der Waals surface area contributed by atoms with Gasteiger partial charge in [0.25, 0.3) is 0 Å². The van der Waals surface area contributed by atoms with Gasteiger partial charge in [-0.1, -0.05) is 0 Å². The molecule has 1 aliphatic heterocycles. The van der Waals surface area contributed by atoms with Crippen LogP contribution in [0.25, 0.3) is 0 Å². The lowest BCUT2D eigenvalue weighted by Crippen LogP contribution is -2.47. The van der Waals surface area contributed by atoms with Gasteiger partial charge in [-0.15, -0.1) is 0 Å². The summed E-state index contributed by atoms with van der Waals surface area (Å²) in [6.45, 7) is 3.52. The summed E-state index contributed by atoms with van der Waals surface area (Å²) in [6, 6.07) is 0.187. The van der Waals surface area contributed by atoms with Crippen LogP contribution in [-0.2, 0) is 14.8 Å². The lowest BCUT2D eigenvalue weighted by Gasteiger charge is -2.28. The fourth-order valence-electron chi connectivity index (χ4n) is 1.96. The van der Waals surface area contributed by atoms with Crippen LogP contribution >= 0.6 is 0 Å². The number of carbonyl (C=O) groups excluding carboxylic acids is 1. The van der Waals surface area contributed by atoms with Crippen LogP contribution in [0.15, 0.2) is 0 Å². The summed E-state index contributed by atoms with van der Waals surface area (Å²) in [4.78, 5) is 11.8. The molecule has 2 unspecified atom stereocenters. The molecule has 0 aromatic carbocycles. The number of sulfonamides is 1. The van der Waals surface area contributed by atoms with E-state index in [1.54, 1.807) is 0 Å². The maximum absolute atomic E-state index is 11.8. The Hall–Kier alpha value is -0.660. The zero-order valence-corrected chi connectivity index (χ0v) is 11.1. The van der Waals surface area contributed by atoms with E-state index in [9.17, 15) is 13.2 Å². The average molecular weight is 263 g/mol. The number of hydrogen-bond acceptors (Lipinski definition) is 4. The normalized spacial score (nSPS) is 25.5. The molecule has 0 bridgehead atoms. The fourth-order valence-corrected chi connectivity index (χ4v) is 2.43. The SMILES string of the molecule is CC1NCCCC1C(=O)NCCNS(C)(=O)=O. The topological polar surface area (TPSA) is 87.3 Å². The van der Waals surface area contributed by atoms with Crippen molar-refractivity contribution < 1.29 is 13.2 Å². The summed E-state index contributed by atoms with van der Waals surface area (Å²) in [5.41, 5.74) is 0. The zero-order chi connectivity index (χ0) is 12.9. The van der Waals surface area contributed by atoms with Gasteiger partial charge in [-0.05, 0) is 26.3 Å². The predicted octanol–water partition coefficient (Wildman–Crippen LogP) is -0.960. The molecular formula is C10H21N3O3S. The first-order valence-corrected chi connectivity index (χ1v) is 7.75. The van der Waals surface area contributed by atoms with E-state index in [0.717, 1.165) is 25.6 Å². The molecule has 1 amide bonds. The van der Waals surface area contributed by atoms with Crippen molar-refractivity contribution in [3.05, 3.63) is 0 Å². The minimum absolute atomic E-state index is 0.000000945. The highest BCUT2D eigenvalue weighted by atomic mass is 32.2. The molecule has 1 heterocycles. The Kier molecular flexibility index (Phi) is 5.35. The third kappa shape index (κ3) is 5.47. The fraction of sp³-hybridized carbons (Fsp3) is 0.900. The van der Waals surface area contributed by atoms with Gasteiger partial charge in [0.2, 0.25) is 15.9 Å². The summed E-state index contributed by atoms with van der Waals surface area (Å²) in [5.74, 6) is -0.0121. The van der Waals surface area contributed by atoms with Crippen molar-refractivity contribution >= 4 is 15.9 Å². The molecular weight excluding hydrogens is 242 g/mol. The van der Waals surface area contributed by atoms with Crippen LogP contribution < -0.4 is 15.4 Å². The summed E-state index contributed by atoms with van der Waals surface area (Å²) >= 11 is 0. The molecule has 7 heteroatoms. The van der Waals surface area contributed by atoms with E-state index in [2.05, 4.69) is 15.4 Å². The first kappa shape index (κ1) is 14.4. The van der Waals surface area contributed by atoms with Crippen LogP contribution in [0.5, 0.6) is 0 Å². The van der Waals surface area contributed by atoms with Gasteiger partial charge in [0.15, 0.2) is 0 Å². The van der Waals surface area contributed by atoms with E-state index < -0.39 is 10.0 Å². The third-order valence-corrected chi connectivity index (χ3v) is 3.62. The van der Waals surface area contributed by atoms with Crippen LogP contribution in [-0.4, -0.2) is 46.3 Å². The van der Waals surface area contributed by atoms with Crippen molar-refractivity contribution in [2.45, 2.75) is 25.8 Å². The van der Waals surface area contributed by atoms with Crippen LogP contribution in [0.1, 0.15) is 19.8 Å². The molecule has 2 atom stereocenters. The Morgan fingerprint density at radius 3 is 2.71 bits per heavy atom. The Balaban J connectivity index is 2.24. The summed E-state index contributed by atoms with van der Waals surface area (Å²) in [7, 11) is -3.17. The second-order valence-corrected chi connectivity index (χ2v) is 6.28. The van der Waals surface area contributed by atoms with Crippen LogP contribution in [0.3, 0.4) is 0 Å². The highest BCUT2D eigenvalue weighted by Crippen LogP contribution is 2.15. The van der Waals surface area contributed by atoms with Crippen molar-refractivity contribution in [3.8, 4) is 0 Å². The van der Waals surface area contributed by atoms with Gasteiger partial charge in [0.1, 0.15) is 0 Å². The summed E-state index contributed by atoms with van der Waals surface area (Å²) < 4.78 is 23.9. The Morgan fingerprint density at radius 2 is 2.12 bits per heavy atom. The predicted molar refractivity (Wildman–Crippen MR) is 66.0 cm³/mol. The molecule has 0 aromatic rings. The molecule has 0 radical (unpaired) electrons. The Morgan fingerprint density at radius 1 is 1.41 bits per heavy atom. The molecule has 0 saturated carbocycles. The molecule has 3 N–H and O–H groups in total. The minimum Gasteiger partial charge on any atom is -0.354 e. The van der Waals surface area contributed by atoms with Crippen molar-refractivity contribution in [1.29, 1.82) is 0 Å². The number of carbonyl (C=O) groups is 1. The average Bonchev–Trinajstić information content (AvgIpc) is 2.23. The third-order valence-electron chi connectivity index (χ3n) is 2.89. The zero-order valence-electron chi connectivity index (χ0n) is 10.3. The van der Waals surface area contributed by atoms with E-state index in [1.807, 2.05) is 6.92 Å². The maximum Gasteiger partial charge on any atom is 0.224 e. The van der Waals surface area contributed by atoms with Crippen molar-refractivity contribution in [3.63, 3.8) is 0 Å². The van der Waals surface area contributed by atoms with Crippen LogP contribution in [0.4, 0.5) is 0 Å². The van der Waals surface area contributed by atoms with Crippen molar-refractivity contribution in [2.75, 3.05) is 25.9 Å². The second-order valence-electron chi connectivity index (χ2n) is 4.45. The molecule has 100 valence electrons.